The van der Waals surface area contributed by atoms with Gasteiger partial charge in [0.1, 0.15) is 12.7 Å². The van der Waals surface area contributed by atoms with Crippen LogP contribution in [0.5, 0.6) is 0 Å². The van der Waals surface area contributed by atoms with Gasteiger partial charge in [0.2, 0.25) is 0 Å². The molecule has 1 heterocycles. The fourth-order valence-corrected chi connectivity index (χ4v) is 3.27. The van der Waals surface area contributed by atoms with Gasteiger partial charge in [-0.2, -0.15) is 13.6 Å². The average Bonchev–Trinajstić information content (AvgIpc) is 2.34. The topological polar surface area (TPSA) is 50.8 Å². The number of hydrogen-bond acceptors (Lipinski definition) is 4. The molecule has 0 bridgehead atoms. The van der Waals surface area contributed by atoms with Crippen LogP contribution in [0.2, 0.25) is 0 Å². The molecule has 1 unspecified atom stereocenters. The van der Waals surface area contributed by atoms with Crippen LogP contribution in [0.25, 0.3) is 0 Å². The van der Waals surface area contributed by atoms with Crippen LogP contribution >= 0.6 is 8.17 Å². The van der Waals surface area contributed by atoms with E-state index in [2.05, 4.69) is 0 Å². The highest BCUT2D eigenvalue weighted by atomic mass is 31.2. The van der Waals surface area contributed by atoms with Crippen LogP contribution < -0.4 is 4.89 Å². The van der Waals surface area contributed by atoms with Crippen molar-refractivity contribution in [1.29, 1.82) is 0 Å². The van der Waals surface area contributed by atoms with Crippen LogP contribution in [0.15, 0.2) is 30.3 Å². The second kappa shape index (κ2) is 4.63. The molecule has 1 aliphatic heterocycles. The molecule has 1 saturated heterocycles. The molecular formula is C12H17O4P. The van der Waals surface area contributed by atoms with Gasteiger partial charge in [0.05, 0.1) is 7.11 Å². The summed E-state index contributed by atoms with van der Waals surface area (Å²) in [7, 11) is -2.06. The molecule has 0 spiro atoms. The summed E-state index contributed by atoms with van der Waals surface area (Å²) in [4.78, 5) is 12.0. The van der Waals surface area contributed by atoms with E-state index in [9.17, 15) is 4.89 Å². The second-order valence-corrected chi connectivity index (χ2v) is 6.52. The molecule has 0 amide bonds. The minimum atomic E-state index is -3.40. The van der Waals surface area contributed by atoms with Crippen molar-refractivity contribution in [1.82, 2.24) is 0 Å². The standard InChI is InChI=1S/C12H17O4P/c1-12(2)9-15-17(13,14-3)16-11(12)10-7-5-4-6-8-10/h4-8,11H,9H2,1-3H3/t11-,17?/m0/s1. The third-order valence-electron chi connectivity index (χ3n) is 2.86. The van der Waals surface area contributed by atoms with Gasteiger partial charge in [-0.1, -0.05) is 44.2 Å². The molecule has 1 fully saturated rings. The third kappa shape index (κ3) is 2.67. The molecule has 0 saturated carbocycles. The van der Waals surface area contributed by atoms with Crippen LogP contribution in [0.4, 0.5) is 0 Å². The first-order valence-corrected chi connectivity index (χ1v) is 6.97. The Labute approximate surface area is 102 Å². The Morgan fingerprint density at radius 3 is 2.59 bits per heavy atom. The first kappa shape index (κ1) is 12.9. The van der Waals surface area contributed by atoms with Gasteiger partial charge in [0, 0.05) is 5.41 Å². The molecule has 17 heavy (non-hydrogen) atoms. The van der Waals surface area contributed by atoms with Crippen molar-refractivity contribution in [2.75, 3.05) is 13.7 Å². The lowest BCUT2D eigenvalue weighted by molar-refractivity contribution is -0.271. The maximum absolute atomic E-state index is 12.0. The normalized spacial score (nSPS) is 32.4. The Bertz CT molecular complexity index is 381. The van der Waals surface area contributed by atoms with E-state index in [1.54, 1.807) is 0 Å². The summed E-state index contributed by atoms with van der Waals surface area (Å²) in [5.41, 5.74) is 0.742. The summed E-state index contributed by atoms with van der Waals surface area (Å²) >= 11 is 0. The van der Waals surface area contributed by atoms with Crippen molar-refractivity contribution in [2.24, 2.45) is 5.41 Å². The molecule has 5 heteroatoms. The maximum Gasteiger partial charge on any atom is 0.379 e. The Hall–Kier alpha value is -0.510. The Morgan fingerprint density at radius 2 is 2.00 bits per heavy atom. The molecule has 0 aromatic heterocycles. The monoisotopic (exact) mass is 256 g/mol. The van der Waals surface area contributed by atoms with E-state index in [4.69, 9.17) is 13.6 Å². The summed E-state index contributed by atoms with van der Waals surface area (Å²) in [5, 5.41) is 0. The number of benzene rings is 1. The van der Waals surface area contributed by atoms with Crippen molar-refractivity contribution in [3.8, 4) is 0 Å². The van der Waals surface area contributed by atoms with Crippen molar-refractivity contribution < 1.29 is 18.5 Å². The number of phosphoric acid groups is 1. The zero-order chi connectivity index (χ0) is 12.5. The minimum absolute atomic E-state index is 0.242. The molecule has 94 valence electrons. The lowest BCUT2D eigenvalue weighted by atomic mass is 9.83. The molecule has 1 aromatic carbocycles. The first-order valence-electron chi connectivity index (χ1n) is 5.50. The predicted octanol–water partition coefficient (Wildman–Crippen LogP) is 2.49. The van der Waals surface area contributed by atoms with Crippen molar-refractivity contribution in [2.45, 2.75) is 20.0 Å². The largest absolute Gasteiger partial charge is 0.606 e. The van der Waals surface area contributed by atoms with E-state index in [0.29, 0.717) is 6.61 Å². The van der Waals surface area contributed by atoms with Gasteiger partial charge in [-0.25, -0.2) is 0 Å². The fraction of sp³-hybridized carbons (Fsp3) is 0.500. The summed E-state index contributed by atoms with van der Waals surface area (Å²) < 4.78 is 15.6. The van der Waals surface area contributed by atoms with E-state index < -0.39 is 8.17 Å². The smallest absolute Gasteiger partial charge is 0.379 e. The van der Waals surface area contributed by atoms with E-state index >= 15 is 0 Å². The Kier molecular flexibility index (Phi) is 3.53. The Balaban J connectivity index is 2.29. The Morgan fingerprint density at radius 1 is 1.35 bits per heavy atom. The molecule has 2 rings (SSSR count). The third-order valence-corrected chi connectivity index (χ3v) is 4.23. The lowest BCUT2D eigenvalue weighted by Gasteiger charge is -2.41. The van der Waals surface area contributed by atoms with Gasteiger partial charge in [-0.15, -0.1) is 0 Å². The zero-order valence-corrected chi connectivity index (χ0v) is 11.1. The molecule has 1 aromatic rings. The van der Waals surface area contributed by atoms with E-state index in [1.807, 2.05) is 44.2 Å². The van der Waals surface area contributed by atoms with Gasteiger partial charge in [0.15, 0.2) is 0 Å². The van der Waals surface area contributed by atoms with E-state index in [1.165, 1.54) is 7.11 Å². The van der Waals surface area contributed by atoms with Crippen LogP contribution in [0, 0.1) is 5.41 Å². The van der Waals surface area contributed by atoms with Gasteiger partial charge in [0.25, 0.3) is 0 Å². The summed E-state index contributed by atoms with van der Waals surface area (Å²) in [5.74, 6) is 0. The van der Waals surface area contributed by atoms with Gasteiger partial charge < -0.3 is 4.89 Å². The predicted molar refractivity (Wildman–Crippen MR) is 63.9 cm³/mol. The molecule has 4 nitrogen and oxygen atoms in total. The zero-order valence-electron chi connectivity index (χ0n) is 10.3. The number of rotatable bonds is 2. The number of phosphoric ester groups is 1. The average molecular weight is 256 g/mol. The highest BCUT2D eigenvalue weighted by molar-refractivity contribution is 7.54. The molecule has 0 N–H and O–H groups in total. The molecule has 1 aliphatic rings. The maximum atomic E-state index is 12.0. The van der Waals surface area contributed by atoms with Crippen molar-refractivity contribution >= 4 is 8.17 Å². The summed E-state index contributed by atoms with van der Waals surface area (Å²) in [6.45, 7) is 4.38. The highest BCUT2D eigenvalue weighted by Crippen LogP contribution is 2.63. The van der Waals surface area contributed by atoms with Crippen LogP contribution in [-0.2, 0) is 13.6 Å². The SMILES string of the molecule is CO[P+]1([O-])OCC(C)(C)[C@H](c2ccccc2)O1. The lowest BCUT2D eigenvalue weighted by Crippen LogP contribution is -2.38. The van der Waals surface area contributed by atoms with Crippen molar-refractivity contribution in [3.05, 3.63) is 35.9 Å². The van der Waals surface area contributed by atoms with Crippen LogP contribution in [-0.4, -0.2) is 13.7 Å². The van der Waals surface area contributed by atoms with Crippen LogP contribution in [0.3, 0.4) is 0 Å². The molecule has 2 atom stereocenters. The second-order valence-electron chi connectivity index (χ2n) is 4.79. The molecule has 0 aliphatic carbocycles. The van der Waals surface area contributed by atoms with Crippen LogP contribution in [0.1, 0.15) is 25.5 Å². The molecule has 0 radical (unpaired) electrons. The molecular weight excluding hydrogens is 239 g/mol. The minimum Gasteiger partial charge on any atom is -0.606 e. The van der Waals surface area contributed by atoms with E-state index in [-0.39, 0.29) is 11.5 Å². The van der Waals surface area contributed by atoms with Gasteiger partial charge >= 0.3 is 8.17 Å². The summed E-state index contributed by atoms with van der Waals surface area (Å²) in [6, 6.07) is 9.71. The fourth-order valence-electron chi connectivity index (χ4n) is 1.86. The highest BCUT2D eigenvalue weighted by Gasteiger charge is 2.49. The van der Waals surface area contributed by atoms with E-state index in [0.717, 1.165) is 5.56 Å². The first-order chi connectivity index (χ1) is 7.97. The van der Waals surface area contributed by atoms with Gasteiger partial charge in [-0.05, 0) is 5.56 Å². The quantitative estimate of drug-likeness (QED) is 0.763. The summed E-state index contributed by atoms with van der Waals surface area (Å²) in [6.07, 6.45) is -0.289. The number of hydrogen-bond donors (Lipinski definition) is 0. The van der Waals surface area contributed by atoms with Gasteiger partial charge in [-0.3, -0.25) is 0 Å². The van der Waals surface area contributed by atoms with Crippen molar-refractivity contribution in [3.63, 3.8) is 0 Å².